The van der Waals surface area contributed by atoms with Gasteiger partial charge in [-0.05, 0) is 32.7 Å². The lowest BCUT2D eigenvalue weighted by atomic mass is 9.97. The molecule has 0 radical (unpaired) electrons. The third-order valence-electron chi connectivity index (χ3n) is 3.50. The fourth-order valence-corrected chi connectivity index (χ4v) is 3.15. The first-order valence-electron chi connectivity index (χ1n) is 6.61. The van der Waals surface area contributed by atoms with Crippen LogP contribution in [0.5, 0.6) is 0 Å². The molecule has 0 bridgehead atoms. The van der Waals surface area contributed by atoms with Crippen molar-refractivity contribution in [3.63, 3.8) is 0 Å². The lowest BCUT2D eigenvalue weighted by Crippen LogP contribution is -2.40. The van der Waals surface area contributed by atoms with Crippen molar-refractivity contribution in [1.29, 1.82) is 0 Å². The minimum atomic E-state index is -0.229. The number of anilines is 1. The molecule has 0 saturated carbocycles. The molecule has 18 heavy (non-hydrogen) atoms. The van der Waals surface area contributed by atoms with Gasteiger partial charge in [0, 0.05) is 31.2 Å². The normalized spacial score (nSPS) is 22.9. The summed E-state index contributed by atoms with van der Waals surface area (Å²) in [6, 6.07) is 0.477. The molecule has 0 aliphatic carbocycles. The van der Waals surface area contributed by atoms with Gasteiger partial charge in [0.25, 0.3) is 0 Å². The predicted molar refractivity (Wildman–Crippen MR) is 73.8 cm³/mol. The Kier molecular flexibility index (Phi) is 4.91. The molecule has 6 heteroatoms. The largest absolute Gasteiger partial charge is 0.393 e. The molecule has 1 aromatic rings. The monoisotopic (exact) mass is 270 g/mol. The van der Waals surface area contributed by atoms with Crippen LogP contribution in [0.15, 0.2) is 0 Å². The third kappa shape index (κ3) is 3.40. The molecular weight excluding hydrogens is 248 g/mol. The zero-order valence-electron chi connectivity index (χ0n) is 11.1. The molecule has 2 atom stereocenters. The Labute approximate surface area is 112 Å². The van der Waals surface area contributed by atoms with E-state index in [-0.39, 0.29) is 6.10 Å². The van der Waals surface area contributed by atoms with E-state index in [0.717, 1.165) is 30.2 Å². The molecule has 1 fully saturated rings. The Morgan fingerprint density at radius 1 is 1.56 bits per heavy atom. The maximum atomic E-state index is 9.58. The summed E-state index contributed by atoms with van der Waals surface area (Å²) in [6.07, 6.45) is 4.31. The van der Waals surface area contributed by atoms with Crippen molar-refractivity contribution in [2.75, 3.05) is 18.9 Å². The number of aromatic nitrogens is 2. The summed E-state index contributed by atoms with van der Waals surface area (Å²) in [6.45, 7) is 3.80. The van der Waals surface area contributed by atoms with Crippen LogP contribution >= 0.6 is 11.5 Å². The Bertz CT molecular complexity index is 369. The van der Waals surface area contributed by atoms with Crippen LogP contribution in [0.4, 0.5) is 5.00 Å². The van der Waals surface area contributed by atoms with Gasteiger partial charge in [-0.1, -0.05) is 10.9 Å². The van der Waals surface area contributed by atoms with Crippen molar-refractivity contribution >= 4 is 16.5 Å². The van der Waals surface area contributed by atoms with Crippen LogP contribution in [0.2, 0.25) is 0 Å². The van der Waals surface area contributed by atoms with Crippen molar-refractivity contribution in [1.82, 2.24) is 14.5 Å². The summed E-state index contributed by atoms with van der Waals surface area (Å²) >= 11 is 1.40. The summed E-state index contributed by atoms with van der Waals surface area (Å²) in [5, 5.41) is 18.0. The van der Waals surface area contributed by atoms with Gasteiger partial charge in [0.2, 0.25) is 0 Å². The quantitative estimate of drug-likeness (QED) is 0.853. The highest BCUT2D eigenvalue weighted by atomic mass is 32.1. The number of nitrogens with zero attached hydrogens (tertiary/aromatic N) is 3. The average Bonchev–Trinajstić information content (AvgIpc) is 2.78. The van der Waals surface area contributed by atoms with Crippen LogP contribution < -0.4 is 5.32 Å². The topological polar surface area (TPSA) is 61.3 Å². The lowest BCUT2D eigenvalue weighted by molar-refractivity contribution is 0.0810. The second-order valence-electron chi connectivity index (χ2n) is 5.00. The zero-order valence-corrected chi connectivity index (χ0v) is 11.9. The van der Waals surface area contributed by atoms with Crippen LogP contribution in [0, 0.1) is 0 Å². The standard InChI is InChI=1S/C12H22N4OS/c1-9(17)7-10-5-3-4-6-16(10)8-11-12(13-2)18-15-14-11/h9-10,13,17H,3-8H2,1-2H3. The molecule has 0 aromatic carbocycles. The van der Waals surface area contributed by atoms with Crippen molar-refractivity contribution in [3.8, 4) is 0 Å². The summed E-state index contributed by atoms with van der Waals surface area (Å²) in [4.78, 5) is 2.44. The minimum Gasteiger partial charge on any atom is -0.393 e. The maximum Gasteiger partial charge on any atom is 0.134 e. The van der Waals surface area contributed by atoms with E-state index in [1.807, 2.05) is 14.0 Å². The molecule has 5 nitrogen and oxygen atoms in total. The summed E-state index contributed by atoms with van der Waals surface area (Å²) in [5.74, 6) is 0. The Morgan fingerprint density at radius 3 is 3.11 bits per heavy atom. The van der Waals surface area contributed by atoms with E-state index in [1.54, 1.807) is 0 Å². The third-order valence-corrected chi connectivity index (χ3v) is 4.28. The van der Waals surface area contributed by atoms with Gasteiger partial charge in [-0.3, -0.25) is 4.90 Å². The molecule has 2 unspecified atom stereocenters. The van der Waals surface area contributed by atoms with Gasteiger partial charge in [-0.25, -0.2) is 0 Å². The first-order chi connectivity index (χ1) is 8.70. The number of nitrogens with one attached hydrogen (secondary N) is 1. The number of aliphatic hydroxyl groups excluding tert-OH is 1. The highest BCUT2D eigenvalue weighted by Gasteiger charge is 2.25. The van der Waals surface area contributed by atoms with E-state index in [4.69, 9.17) is 0 Å². The number of piperidine rings is 1. The number of aliphatic hydroxyl groups is 1. The fourth-order valence-electron chi connectivity index (χ4n) is 2.62. The van der Waals surface area contributed by atoms with Gasteiger partial charge in [0.15, 0.2) is 0 Å². The molecule has 102 valence electrons. The molecule has 0 amide bonds. The van der Waals surface area contributed by atoms with Crippen LogP contribution in [-0.4, -0.2) is 45.3 Å². The smallest absolute Gasteiger partial charge is 0.134 e. The molecular formula is C12H22N4OS. The number of rotatable bonds is 5. The van der Waals surface area contributed by atoms with Gasteiger partial charge < -0.3 is 10.4 Å². The van der Waals surface area contributed by atoms with E-state index < -0.39 is 0 Å². The molecule has 1 aliphatic heterocycles. The van der Waals surface area contributed by atoms with E-state index >= 15 is 0 Å². The van der Waals surface area contributed by atoms with Gasteiger partial charge in [-0.2, -0.15) is 0 Å². The Morgan fingerprint density at radius 2 is 2.39 bits per heavy atom. The SMILES string of the molecule is CNc1snnc1CN1CCCCC1CC(C)O. The van der Waals surface area contributed by atoms with Crippen molar-refractivity contribution in [2.24, 2.45) is 0 Å². The first-order valence-corrected chi connectivity index (χ1v) is 7.39. The number of likely N-dealkylation sites (tertiary alicyclic amines) is 1. The molecule has 1 saturated heterocycles. The minimum absolute atomic E-state index is 0.229. The van der Waals surface area contributed by atoms with Crippen LogP contribution in [0.3, 0.4) is 0 Å². The number of hydrogen-bond donors (Lipinski definition) is 2. The van der Waals surface area contributed by atoms with Gasteiger partial charge in [0.1, 0.15) is 10.7 Å². The van der Waals surface area contributed by atoms with Gasteiger partial charge in [-0.15, -0.1) is 5.10 Å². The molecule has 2 heterocycles. The highest BCUT2D eigenvalue weighted by molar-refractivity contribution is 7.10. The molecule has 1 aliphatic rings. The van der Waals surface area contributed by atoms with Crippen molar-refractivity contribution in [2.45, 2.75) is 51.3 Å². The molecule has 0 spiro atoms. The Hall–Kier alpha value is -0.720. The van der Waals surface area contributed by atoms with E-state index in [0.29, 0.717) is 6.04 Å². The lowest BCUT2D eigenvalue weighted by Gasteiger charge is -2.36. The summed E-state index contributed by atoms with van der Waals surface area (Å²) in [5.41, 5.74) is 1.03. The summed E-state index contributed by atoms with van der Waals surface area (Å²) < 4.78 is 4.00. The molecule has 2 N–H and O–H groups in total. The van der Waals surface area contributed by atoms with Crippen LogP contribution in [0.1, 0.15) is 38.3 Å². The van der Waals surface area contributed by atoms with Crippen molar-refractivity contribution in [3.05, 3.63) is 5.69 Å². The maximum absolute atomic E-state index is 9.58. The zero-order chi connectivity index (χ0) is 13.0. The van der Waals surface area contributed by atoms with E-state index in [1.165, 1.54) is 30.8 Å². The Balaban J connectivity index is 2.00. The van der Waals surface area contributed by atoms with Crippen LogP contribution in [-0.2, 0) is 6.54 Å². The summed E-state index contributed by atoms with van der Waals surface area (Å²) in [7, 11) is 1.90. The second-order valence-corrected chi connectivity index (χ2v) is 5.76. The van der Waals surface area contributed by atoms with Gasteiger partial charge >= 0.3 is 0 Å². The van der Waals surface area contributed by atoms with Gasteiger partial charge in [0.05, 0.1) is 6.10 Å². The van der Waals surface area contributed by atoms with E-state index in [9.17, 15) is 5.11 Å². The first kappa shape index (κ1) is 13.7. The fraction of sp³-hybridized carbons (Fsp3) is 0.833. The van der Waals surface area contributed by atoms with E-state index in [2.05, 4.69) is 19.8 Å². The van der Waals surface area contributed by atoms with Crippen LogP contribution in [0.25, 0.3) is 0 Å². The highest BCUT2D eigenvalue weighted by Crippen LogP contribution is 2.25. The number of hydrogen-bond acceptors (Lipinski definition) is 6. The average molecular weight is 270 g/mol. The molecule has 1 aromatic heterocycles. The molecule has 2 rings (SSSR count). The second kappa shape index (κ2) is 6.45. The van der Waals surface area contributed by atoms with Crippen molar-refractivity contribution < 1.29 is 5.11 Å². The predicted octanol–water partition coefficient (Wildman–Crippen LogP) is 1.71.